The zero-order valence-corrected chi connectivity index (χ0v) is 20.4. The SMILES string of the molecule is CC(=C[C@H](C(C)C)N(C)C(=O)[C@@H](NC(=O)C1CCCCN1C)C(C)C)C(=O)N(C)C. The van der Waals surface area contributed by atoms with E-state index in [9.17, 15) is 14.4 Å². The third kappa shape index (κ3) is 6.83. The van der Waals surface area contributed by atoms with E-state index in [1.54, 1.807) is 33.0 Å². The first-order valence-corrected chi connectivity index (χ1v) is 11.1. The Morgan fingerprint density at radius 1 is 1.03 bits per heavy atom. The van der Waals surface area contributed by atoms with Crippen LogP contribution >= 0.6 is 0 Å². The summed E-state index contributed by atoms with van der Waals surface area (Å²) in [5.41, 5.74) is 0.604. The first-order valence-electron chi connectivity index (χ1n) is 11.1. The van der Waals surface area contributed by atoms with E-state index in [0.29, 0.717) is 5.57 Å². The molecule has 0 aromatic carbocycles. The van der Waals surface area contributed by atoms with Crippen LogP contribution in [0.25, 0.3) is 0 Å². The quantitative estimate of drug-likeness (QED) is 0.608. The summed E-state index contributed by atoms with van der Waals surface area (Å²) in [5.74, 6) is -0.198. The fraction of sp³-hybridized carbons (Fsp3) is 0.783. The highest BCUT2D eigenvalue weighted by Gasteiger charge is 2.34. The van der Waals surface area contributed by atoms with Crippen LogP contribution in [0.1, 0.15) is 53.9 Å². The molecule has 0 aromatic rings. The zero-order valence-electron chi connectivity index (χ0n) is 20.4. The second kappa shape index (κ2) is 11.5. The predicted molar refractivity (Wildman–Crippen MR) is 121 cm³/mol. The Morgan fingerprint density at radius 3 is 2.10 bits per heavy atom. The molecule has 3 atom stereocenters. The molecule has 0 aromatic heterocycles. The van der Waals surface area contributed by atoms with E-state index in [1.807, 2.05) is 40.8 Å². The van der Waals surface area contributed by atoms with Crippen molar-refractivity contribution in [1.29, 1.82) is 0 Å². The van der Waals surface area contributed by atoms with E-state index in [4.69, 9.17) is 0 Å². The molecule has 7 heteroatoms. The molecule has 0 radical (unpaired) electrons. The van der Waals surface area contributed by atoms with E-state index in [2.05, 4.69) is 10.2 Å². The van der Waals surface area contributed by atoms with Gasteiger partial charge in [-0.1, -0.05) is 40.2 Å². The molecule has 1 N–H and O–H groups in total. The number of carbonyl (C=O) groups excluding carboxylic acids is 3. The monoisotopic (exact) mass is 422 g/mol. The standard InChI is InChI=1S/C23H42N4O3/c1-15(2)19(14-17(5)22(29)25(6)7)27(9)23(30)20(16(3)4)24-21(28)18-12-10-11-13-26(18)8/h14-16,18-20H,10-13H2,1-9H3,(H,24,28)/t18?,19-,20+/m1/s1. The lowest BCUT2D eigenvalue weighted by atomic mass is 9.96. The maximum Gasteiger partial charge on any atom is 0.248 e. The van der Waals surface area contributed by atoms with Gasteiger partial charge in [0.15, 0.2) is 0 Å². The van der Waals surface area contributed by atoms with Crippen LogP contribution in [-0.4, -0.2) is 85.3 Å². The minimum absolute atomic E-state index is 0.0425. The summed E-state index contributed by atoms with van der Waals surface area (Å²) < 4.78 is 0. The van der Waals surface area contributed by atoms with Gasteiger partial charge in [0.2, 0.25) is 17.7 Å². The van der Waals surface area contributed by atoms with Crippen molar-refractivity contribution in [3.63, 3.8) is 0 Å². The molecule has 1 rings (SSSR count). The van der Waals surface area contributed by atoms with Crippen LogP contribution < -0.4 is 5.32 Å². The molecule has 1 aliphatic rings. The van der Waals surface area contributed by atoms with Crippen molar-refractivity contribution in [2.24, 2.45) is 11.8 Å². The topological polar surface area (TPSA) is 73.0 Å². The molecule has 30 heavy (non-hydrogen) atoms. The molecule has 1 aliphatic heterocycles. The minimum Gasteiger partial charge on any atom is -0.345 e. The Labute approximate surface area is 182 Å². The molecule has 0 saturated carbocycles. The fourth-order valence-electron chi connectivity index (χ4n) is 3.97. The van der Waals surface area contributed by atoms with Gasteiger partial charge < -0.3 is 15.1 Å². The number of nitrogens with zero attached hydrogens (tertiary/aromatic N) is 3. The Kier molecular flexibility index (Phi) is 10.0. The van der Waals surface area contributed by atoms with Crippen molar-refractivity contribution in [3.8, 4) is 0 Å². The van der Waals surface area contributed by atoms with Crippen LogP contribution in [0.15, 0.2) is 11.6 Å². The largest absolute Gasteiger partial charge is 0.345 e. The maximum absolute atomic E-state index is 13.4. The molecule has 0 spiro atoms. The van der Waals surface area contributed by atoms with E-state index < -0.39 is 6.04 Å². The van der Waals surface area contributed by atoms with Crippen molar-refractivity contribution < 1.29 is 14.4 Å². The molecule has 172 valence electrons. The van der Waals surface area contributed by atoms with Crippen molar-refractivity contribution in [2.75, 3.05) is 34.7 Å². The van der Waals surface area contributed by atoms with Crippen LogP contribution in [0.3, 0.4) is 0 Å². The van der Waals surface area contributed by atoms with Gasteiger partial charge in [0, 0.05) is 26.7 Å². The van der Waals surface area contributed by atoms with Gasteiger partial charge in [-0.25, -0.2) is 0 Å². The summed E-state index contributed by atoms with van der Waals surface area (Å²) in [6.45, 7) is 10.6. The second-order valence-corrected chi connectivity index (χ2v) is 9.46. The van der Waals surface area contributed by atoms with Crippen LogP contribution in [0.4, 0.5) is 0 Å². The summed E-state index contributed by atoms with van der Waals surface area (Å²) in [7, 11) is 7.15. The number of nitrogens with one attached hydrogen (secondary N) is 1. The van der Waals surface area contributed by atoms with Gasteiger partial charge in [-0.2, -0.15) is 0 Å². The fourth-order valence-corrected chi connectivity index (χ4v) is 3.97. The van der Waals surface area contributed by atoms with Crippen molar-refractivity contribution >= 4 is 17.7 Å². The summed E-state index contributed by atoms with van der Waals surface area (Å²) in [6, 6.07) is -1.02. The van der Waals surface area contributed by atoms with Crippen molar-refractivity contribution in [3.05, 3.63) is 11.6 Å². The molecule has 1 fully saturated rings. The Morgan fingerprint density at radius 2 is 1.63 bits per heavy atom. The molecule has 0 aliphatic carbocycles. The Balaban J connectivity index is 3.03. The van der Waals surface area contributed by atoms with Crippen LogP contribution in [0.5, 0.6) is 0 Å². The predicted octanol–water partition coefficient (Wildman–Crippen LogP) is 2.13. The number of piperidine rings is 1. The lowest BCUT2D eigenvalue weighted by Crippen LogP contribution is -2.57. The highest BCUT2D eigenvalue weighted by atomic mass is 16.2. The summed E-state index contributed by atoms with van der Waals surface area (Å²) >= 11 is 0. The number of amides is 3. The molecular weight excluding hydrogens is 380 g/mol. The number of likely N-dealkylation sites (N-methyl/N-ethyl adjacent to an activating group) is 3. The normalized spacial score (nSPS) is 20.1. The molecule has 1 heterocycles. The first-order chi connectivity index (χ1) is 13.9. The number of hydrogen-bond donors (Lipinski definition) is 1. The van der Waals surface area contributed by atoms with E-state index in [0.717, 1.165) is 25.8 Å². The highest BCUT2D eigenvalue weighted by molar-refractivity contribution is 5.93. The molecule has 1 saturated heterocycles. The highest BCUT2D eigenvalue weighted by Crippen LogP contribution is 2.19. The number of rotatable bonds is 8. The molecule has 7 nitrogen and oxygen atoms in total. The van der Waals surface area contributed by atoms with Gasteiger partial charge in [-0.05, 0) is 45.2 Å². The summed E-state index contributed by atoms with van der Waals surface area (Å²) in [6.07, 6.45) is 4.81. The van der Waals surface area contributed by atoms with E-state index in [-0.39, 0.29) is 41.6 Å². The summed E-state index contributed by atoms with van der Waals surface area (Å²) in [4.78, 5) is 43.9. The third-order valence-electron chi connectivity index (χ3n) is 5.95. The van der Waals surface area contributed by atoms with Gasteiger partial charge in [0.05, 0.1) is 12.1 Å². The third-order valence-corrected chi connectivity index (χ3v) is 5.95. The van der Waals surface area contributed by atoms with Gasteiger partial charge in [0.25, 0.3) is 0 Å². The van der Waals surface area contributed by atoms with Crippen molar-refractivity contribution in [1.82, 2.24) is 20.0 Å². The average molecular weight is 423 g/mol. The molecular formula is C23H42N4O3. The molecule has 3 amide bonds. The maximum atomic E-state index is 13.4. The van der Waals surface area contributed by atoms with Gasteiger partial charge in [-0.15, -0.1) is 0 Å². The molecule has 1 unspecified atom stereocenters. The minimum atomic E-state index is -0.600. The van der Waals surface area contributed by atoms with Gasteiger partial charge >= 0.3 is 0 Å². The van der Waals surface area contributed by atoms with Crippen LogP contribution in [0.2, 0.25) is 0 Å². The van der Waals surface area contributed by atoms with Crippen LogP contribution in [-0.2, 0) is 14.4 Å². The zero-order chi connectivity index (χ0) is 23.2. The average Bonchev–Trinajstić information content (AvgIpc) is 2.67. The number of likely N-dealkylation sites (tertiary alicyclic amines) is 1. The second-order valence-electron chi connectivity index (χ2n) is 9.46. The van der Waals surface area contributed by atoms with Crippen LogP contribution in [0, 0.1) is 11.8 Å². The van der Waals surface area contributed by atoms with E-state index >= 15 is 0 Å². The Hall–Kier alpha value is -1.89. The number of hydrogen-bond acceptors (Lipinski definition) is 4. The van der Waals surface area contributed by atoms with Crippen molar-refractivity contribution in [2.45, 2.75) is 72.0 Å². The Bertz CT molecular complexity index is 642. The lowest BCUT2D eigenvalue weighted by Gasteiger charge is -2.36. The van der Waals surface area contributed by atoms with Gasteiger partial charge in [0.1, 0.15) is 6.04 Å². The lowest BCUT2D eigenvalue weighted by molar-refractivity contribution is -0.139. The van der Waals surface area contributed by atoms with Gasteiger partial charge in [-0.3, -0.25) is 19.3 Å². The molecule has 0 bridgehead atoms. The van der Waals surface area contributed by atoms with E-state index in [1.165, 1.54) is 4.90 Å². The first kappa shape index (κ1) is 26.1. The smallest absolute Gasteiger partial charge is 0.248 e. The number of carbonyl (C=O) groups is 3. The summed E-state index contributed by atoms with van der Waals surface area (Å²) in [5, 5.41) is 3.02.